The molecule has 100 valence electrons. The molecule has 0 saturated carbocycles. The molecule has 0 aliphatic carbocycles. The fraction of sp³-hybridized carbons (Fsp3) is 0.125. The van der Waals surface area contributed by atoms with Crippen molar-refractivity contribution in [2.24, 2.45) is 0 Å². The number of nitrogens with one attached hydrogen (secondary N) is 2. The van der Waals surface area contributed by atoms with Gasteiger partial charge in [-0.3, -0.25) is 5.41 Å². The molecule has 2 aromatic carbocycles. The number of rotatable bonds is 3. The first-order valence-electron chi connectivity index (χ1n) is 6.46. The number of fused-ring (bicyclic) bond motifs is 1. The summed E-state index contributed by atoms with van der Waals surface area (Å²) in [5, 5.41) is 10.4. The van der Waals surface area contributed by atoms with Crippen LogP contribution < -0.4 is 5.32 Å². The van der Waals surface area contributed by atoms with Gasteiger partial charge in [0.05, 0.1) is 5.84 Å². The maximum absolute atomic E-state index is 7.44. The third-order valence-electron chi connectivity index (χ3n) is 2.96. The number of amidine groups is 1. The summed E-state index contributed by atoms with van der Waals surface area (Å²) in [5.74, 6) is 1.10. The highest BCUT2D eigenvalue weighted by Gasteiger charge is 2.07. The highest BCUT2D eigenvalue weighted by molar-refractivity contribution is 5.92. The first kappa shape index (κ1) is 12.4. The lowest BCUT2D eigenvalue weighted by molar-refractivity contribution is 0.544. The highest BCUT2D eigenvalue weighted by atomic mass is 16.3. The largest absolute Gasteiger partial charge is 0.440 e. The van der Waals surface area contributed by atoms with Crippen LogP contribution in [0, 0.1) is 5.41 Å². The molecule has 4 heteroatoms. The molecule has 1 aromatic heterocycles. The van der Waals surface area contributed by atoms with Crippen LogP contribution in [-0.4, -0.2) is 10.8 Å². The number of nitrogens with zero attached hydrogens (tertiary/aromatic N) is 1. The predicted molar refractivity (Wildman–Crippen MR) is 80.3 cm³/mol. The second kappa shape index (κ2) is 5.17. The van der Waals surface area contributed by atoms with Crippen LogP contribution in [0.5, 0.6) is 0 Å². The van der Waals surface area contributed by atoms with Crippen molar-refractivity contribution in [3.05, 3.63) is 60.0 Å². The van der Waals surface area contributed by atoms with Crippen molar-refractivity contribution < 1.29 is 4.42 Å². The molecule has 0 unspecified atom stereocenters. The van der Waals surface area contributed by atoms with E-state index in [9.17, 15) is 0 Å². The first-order valence-corrected chi connectivity index (χ1v) is 6.46. The average molecular weight is 265 g/mol. The molecule has 0 fully saturated rings. The van der Waals surface area contributed by atoms with E-state index in [2.05, 4.69) is 22.4 Å². The summed E-state index contributed by atoms with van der Waals surface area (Å²) in [6.45, 7) is 1.70. The van der Waals surface area contributed by atoms with Crippen molar-refractivity contribution in [1.29, 1.82) is 5.41 Å². The SMILES string of the molecule is CC(=N)Nc1ccc2oc(Cc3ccccc3)nc2c1. The molecule has 20 heavy (non-hydrogen) atoms. The molecule has 0 bridgehead atoms. The van der Waals surface area contributed by atoms with E-state index < -0.39 is 0 Å². The van der Waals surface area contributed by atoms with Crippen molar-refractivity contribution in [2.75, 3.05) is 5.32 Å². The summed E-state index contributed by atoms with van der Waals surface area (Å²) in [7, 11) is 0. The van der Waals surface area contributed by atoms with Crippen molar-refractivity contribution in [3.8, 4) is 0 Å². The first-order chi connectivity index (χ1) is 9.70. The van der Waals surface area contributed by atoms with Gasteiger partial charge in [0, 0.05) is 12.1 Å². The fourth-order valence-corrected chi connectivity index (χ4v) is 2.12. The molecule has 0 radical (unpaired) electrons. The molecular formula is C16H15N3O. The second-order valence-corrected chi connectivity index (χ2v) is 4.70. The molecular weight excluding hydrogens is 250 g/mol. The maximum Gasteiger partial charge on any atom is 0.199 e. The zero-order chi connectivity index (χ0) is 13.9. The smallest absolute Gasteiger partial charge is 0.199 e. The van der Waals surface area contributed by atoms with E-state index >= 15 is 0 Å². The minimum Gasteiger partial charge on any atom is -0.440 e. The summed E-state index contributed by atoms with van der Waals surface area (Å²) < 4.78 is 5.74. The van der Waals surface area contributed by atoms with E-state index in [1.807, 2.05) is 36.4 Å². The third kappa shape index (κ3) is 2.69. The Bertz CT molecular complexity index is 747. The number of anilines is 1. The van der Waals surface area contributed by atoms with Gasteiger partial charge in [-0.2, -0.15) is 0 Å². The molecule has 3 rings (SSSR count). The van der Waals surface area contributed by atoms with Gasteiger partial charge in [0.25, 0.3) is 0 Å². The molecule has 0 saturated heterocycles. The number of benzene rings is 2. The van der Waals surface area contributed by atoms with E-state index in [1.165, 1.54) is 5.56 Å². The molecule has 0 aliphatic rings. The maximum atomic E-state index is 7.44. The van der Waals surface area contributed by atoms with Crippen molar-refractivity contribution in [1.82, 2.24) is 4.98 Å². The van der Waals surface area contributed by atoms with Crippen molar-refractivity contribution in [2.45, 2.75) is 13.3 Å². The average Bonchev–Trinajstić information content (AvgIpc) is 2.80. The molecule has 2 N–H and O–H groups in total. The number of hydrogen-bond acceptors (Lipinski definition) is 3. The fourth-order valence-electron chi connectivity index (χ4n) is 2.12. The molecule has 0 amide bonds. The Morgan fingerprint density at radius 3 is 2.75 bits per heavy atom. The van der Waals surface area contributed by atoms with Crippen LogP contribution in [0.15, 0.2) is 52.9 Å². The van der Waals surface area contributed by atoms with Gasteiger partial charge in [-0.05, 0) is 30.7 Å². The lowest BCUT2D eigenvalue weighted by atomic mass is 10.1. The Morgan fingerprint density at radius 2 is 2.00 bits per heavy atom. The number of hydrogen-bond donors (Lipinski definition) is 2. The Balaban J connectivity index is 1.88. The summed E-state index contributed by atoms with van der Waals surface area (Å²) >= 11 is 0. The van der Waals surface area contributed by atoms with E-state index in [0.29, 0.717) is 18.1 Å². The van der Waals surface area contributed by atoms with E-state index in [1.54, 1.807) is 6.92 Å². The summed E-state index contributed by atoms with van der Waals surface area (Å²) in [6, 6.07) is 15.8. The number of aromatic nitrogens is 1. The van der Waals surface area contributed by atoms with Gasteiger partial charge in [0.2, 0.25) is 0 Å². The predicted octanol–water partition coefficient (Wildman–Crippen LogP) is 3.83. The van der Waals surface area contributed by atoms with Crippen LogP contribution in [0.4, 0.5) is 5.69 Å². The standard InChI is InChI=1S/C16H15N3O/c1-11(17)18-13-7-8-15-14(10-13)19-16(20-15)9-12-5-3-2-4-6-12/h2-8,10H,9H2,1H3,(H2,17,18). The second-order valence-electron chi connectivity index (χ2n) is 4.70. The molecule has 1 heterocycles. The van der Waals surface area contributed by atoms with E-state index in [0.717, 1.165) is 16.8 Å². The Morgan fingerprint density at radius 1 is 1.20 bits per heavy atom. The Hall–Kier alpha value is -2.62. The highest BCUT2D eigenvalue weighted by Crippen LogP contribution is 2.21. The lowest BCUT2D eigenvalue weighted by Crippen LogP contribution is -2.04. The lowest BCUT2D eigenvalue weighted by Gasteiger charge is -2.01. The van der Waals surface area contributed by atoms with Gasteiger partial charge in [-0.1, -0.05) is 30.3 Å². The van der Waals surface area contributed by atoms with Crippen LogP contribution in [-0.2, 0) is 6.42 Å². The van der Waals surface area contributed by atoms with Gasteiger partial charge >= 0.3 is 0 Å². The van der Waals surface area contributed by atoms with Gasteiger partial charge in [-0.25, -0.2) is 4.98 Å². The van der Waals surface area contributed by atoms with Gasteiger partial charge < -0.3 is 9.73 Å². The third-order valence-corrected chi connectivity index (χ3v) is 2.96. The Labute approximate surface area is 117 Å². The summed E-state index contributed by atoms with van der Waals surface area (Å²) in [5.41, 5.74) is 3.60. The summed E-state index contributed by atoms with van der Waals surface area (Å²) in [6.07, 6.45) is 0.682. The quantitative estimate of drug-likeness (QED) is 0.559. The number of oxazole rings is 1. The zero-order valence-electron chi connectivity index (χ0n) is 11.2. The van der Waals surface area contributed by atoms with E-state index in [-0.39, 0.29) is 0 Å². The van der Waals surface area contributed by atoms with Gasteiger partial charge in [-0.15, -0.1) is 0 Å². The van der Waals surface area contributed by atoms with Crippen LogP contribution in [0.1, 0.15) is 18.4 Å². The molecule has 4 nitrogen and oxygen atoms in total. The van der Waals surface area contributed by atoms with Crippen molar-refractivity contribution >= 4 is 22.6 Å². The van der Waals surface area contributed by atoms with Crippen molar-refractivity contribution in [3.63, 3.8) is 0 Å². The minimum atomic E-state index is 0.400. The minimum absolute atomic E-state index is 0.400. The van der Waals surface area contributed by atoms with Crippen LogP contribution in [0.25, 0.3) is 11.1 Å². The topological polar surface area (TPSA) is 61.9 Å². The molecule has 0 spiro atoms. The van der Waals surface area contributed by atoms with E-state index in [4.69, 9.17) is 9.83 Å². The normalized spacial score (nSPS) is 10.7. The zero-order valence-corrected chi connectivity index (χ0v) is 11.2. The van der Waals surface area contributed by atoms with Crippen LogP contribution >= 0.6 is 0 Å². The van der Waals surface area contributed by atoms with Gasteiger partial charge in [0.15, 0.2) is 11.5 Å². The molecule has 0 atom stereocenters. The summed E-state index contributed by atoms with van der Waals surface area (Å²) in [4.78, 5) is 4.50. The van der Waals surface area contributed by atoms with Gasteiger partial charge in [0.1, 0.15) is 5.52 Å². The van der Waals surface area contributed by atoms with Crippen LogP contribution in [0.3, 0.4) is 0 Å². The monoisotopic (exact) mass is 265 g/mol. The molecule has 3 aromatic rings. The van der Waals surface area contributed by atoms with Crippen LogP contribution in [0.2, 0.25) is 0 Å². The molecule has 0 aliphatic heterocycles. The Kier molecular flexibility index (Phi) is 3.21.